The highest BCUT2D eigenvalue weighted by molar-refractivity contribution is 5.95. The highest BCUT2D eigenvalue weighted by Gasteiger charge is 2.13. The second-order valence-electron chi connectivity index (χ2n) is 4.84. The number of aromatic nitrogens is 1. The number of esters is 1. The molecule has 3 rings (SSSR count). The van der Waals surface area contributed by atoms with Crippen LogP contribution in [0.3, 0.4) is 0 Å². The Labute approximate surface area is 143 Å². The zero-order chi connectivity index (χ0) is 17.5. The van der Waals surface area contributed by atoms with Crippen molar-refractivity contribution in [3.8, 4) is 5.75 Å². The molecular formula is C18H13N3O4. The fraction of sp³-hybridized carbons (Fsp3) is 0. The van der Waals surface area contributed by atoms with Crippen LogP contribution in [0, 0.1) is 0 Å². The third-order valence-electron chi connectivity index (χ3n) is 3.16. The summed E-state index contributed by atoms with van der Waals surface area (Å²) in [6.45, 7) is 0. The number of amides is 1. The van der Waals surface area contributed by atoms with E-state index in [9.17, 15) is 9.59 Å². The van der Waals surface area contributed by atoms with Crippen LogP contribution in [0.5, 0.6) is 5.75 Å². The van der Waals surface area contributed by atoms with E-state index in [-0.39, 0.29) is 11.7 Å². The van der Waals surface area contributed by atoms with Gasteiger partial charge in [0.25, 0.3) is 5.91 Å². The largest absolute Gasteiger partial charge is 0.457 e. The van der Waals surface area contributed by atoms with Crippen LogP contribution < -0.4 is 10.2 Å². The fourth-order valence-electron chi connectivity index (χ4n) is 1.95. The number of carbonyl (C=O) groups excluding carboxylic acids is 2. The van der Waals surface area contributed by atoms with E-state index in [1.54, 1.807) is 42.5 Å². The van der Waals surface area contributed by atoms with Crippen molar-refractivity contribution in [1.82, 2.24) is 10.4 Å². The van der Waals surface area contributed by atoms with Crippen molar-refractivity contribution in [3.63, 3.8) is 0 Å². The molecular weight excluding hydrogens is 322 g/mol. The molecule has 3 aromatic rings. The number of benzene rings is 1. The minimum atomic E-state index is -0.619. The van der Waals surface area contributed by atoms with Crippen LogP contribution in [0.15, 0.2) is 76.7 Å². The first-order valence-corrected chi connectivity index (χ1v) is 7.32. The van der Waals surface area contributed by atoms with E-state index < -0.39 is 5.97 Å². The molecule has 0 radical (unpaired) electrons. The topological polar surface area (TPSA) is 93.8 Å². The van der Waals surface area contributed by atoms with Gasteiger partial charge in [0, 0.05) is 23.5 Å². The van der Waals surface area contributed by atoms with Gasteiger partial charge in [-0.3, -0.25) is 9.78 Å². The van der Waals surface area contributed by atoms with Crippen LogP contribution in [0.4, 0.5) is 0 Å². The molecule has 7 heteroatoms. The van der Waals surface area contributed by atoms with Gasteiger partial charge < -0.3 is 9.15 Å². The standard InChI is InChI=1S/C18H13N3O4/c22-17(13-7-9-19-10-8-13)21-20-12-14-4-1-2-5-15(14)25-18(23)16-6-3-11-24-16/h1-12H,(H,21,22). The quantitative estimate of drug-likeness (QED) is 0.335. The number of hydrogen-bond acceptors (Lipinski definition) is 6. The lowest BCUT2D eigenvalue weighted by molar-refractivity contribution is 0.0701. The number of furan rings is 1. The molecule has 0 spiro atoms. The highest BCUT2D eigenvalue weighted by Crippen LogP contribution is 2.17. The Balaban J connectivity index is 1.68. The highest BCUT2D eigenvalue weighted by atomic mass is 16.5. The second kappa shape index (κ2) is 7.69. The first kappa shape index (κ1) is 16.1. The molecule has 25 heavy (non-hydrogen) atoms. The number of hydrogen-bond donors (Lipinski definition) is 1. The Bertz CT molecular complexity index is 890. The maximum Gasteiger partial charge on any atom is 0.379 e. The zero-order valence-corrected chi connectivity index (χ0v) is 13.0. The van der Waals surface area contributed by atoms with Gasteiger partial charge in [-0.15, -0.1) is 0 Å². The molecule has 0 fully saturated rings. The SMILES string of the molecule is O=C(NN=Cc1ccccc1OC(=O)c1ccco1)c1ccncc1. The van der Waals surface area contributed by atoms with Gasteiger partial charge in [0.1, 0.15) is 5.75 Å². The predicted octanol–water partition coefficient (Wildman–Crippen LogP) is 2.66. The summed E-state index contributed by atoms with van der Waals surface area (Å²) in [6.07, 6.45) is 5.81. The van der Waals surface area contributed by atoms with Gasteiger partial charge in [-0.2, -0.15) is 5.10 Å². The van der Waals surface area contributed by atoms with Crippen molar-refractivity contribution in [2.75, 3.05) is 0 Å². The minimum absolute atomic E-state index is 0.0951. The molecule has 0 saturated carbocycles. The third kappa shape index (κ3) is 4.17. The summed E-state index contributed by atoms with van der Waals surface area (Å²) in [7, 11) is 0. The van der Waals surface area contributed by atoms with Gasteiger partial charge in [0.05, 0.1) is 12.5 Å². The van der Waals surface area contributed by atoms with E-state index in [4.69, 9.17) is 9.15 Å². The molecule has 1 N–H and O–H groups in total. The van der Waals surface area contributed by atoms with Crippen LogP contribution in [-0.2, 0) is 0 Å². The summed E-state index contributed by atoms with van der Waals surface area (Å²) in [6, 6.07) is 13.0. The molecule has 0 aliphatic heterocycles. The van der Waals surface area contributed by atoms with Crippen molar-refractivity contribution in [3.05, 3.63) is 84.1 Å². The summed E-state index contributed by atoms with van der Waals surface area (Å²) < 4.78 is 10.3. The van der Waals surface area contributed by atoms with E-state index >= 15 is 0 Å². The van der Waals surface area contributed by atoms with Gasteiger partial charge in [0.15, 0.2) is 0 Å². The Morgan fingerprint density at radius 3 is 2.64 bits per heavy atom. The number of para-hydroxylation sites is 1. The Hall–Kier alpha value is -3.74. The smallest absolute Gasteiger partial charge is 0.379 e. The average Bonchev–Trinajstić information content (AvgIpc) is 3.18. The summed E-state index contributed by atoms with van der Waals surface area (Å²) in [5.74, 6) is -0.598. The van der Waals surface area contributed by atoms with E-state index in [0.717, 1.165) is 0 Å². The van der Waals surface area contributed by atoms with Crippen molar-refractivity contribution in [1.29, 1.82) is 0 Å². The normalized spacial score (nSPS) is 10.6. The molecule has 124 valence electrons. The number of hydrazone groups is 1. The lowest BCUT2D eigenvalue weighted by Gasteiger charge is -2.05. The summed E-state index contributed by atoms with van der Waals surface area (Å²) >= 11 is 0. The Morgan fingerprint density at radius 2 is 1.88 bits per heavy atom. The number of pyridine rings is 1. The van der Waals surface area contributed by atoms with Gasteiger partial charge >= 0.3 is 5.97 Å². The molecule has 0 aliphatic rings. The van der Waals surface area contributed by atoms with Crippen LogP contribution in [-0.4, -0.2) is 23.1 Å². The van der Waals surface area contributed by atoms with Crippen molar-refractivity contribution >= 4 is 18.1 Å². The van der Waals surface area contributed by atoms with Crippen molar-refractivity contribution in [2.45, 2.75) is 0 Å². The molecule has 2 heterocycles. The molecule has 2 aromatic heterocycles. The summed E-state index contributed by atoms with van der Waals surface area (Å²) in [5.41, 5.74) is 3.36. The number of ether oxygens (including phenoxy) is 1. The summed E-state index contributed by atoms with van der Waals surface area (Å²) in [5, 5.41) is 3.89. The van der Waals surface area contributed by atoms with E-state index in [0.29, 0.717) is 16.9 Å². The molecule has 1 amide bonds. The van der Waals surface area contributed by atoms with E-state index in [1.807, 2.05) is 0 Å². The van der Waals surface area contributed by atoms with Gasteiger partial charge in [-0.25, -0.2) is 10.2 Å². The molecule has 0 unspecified atom stereocenters. The minimum Gasteiger partial charge on any atom is -0.457 e. The third-order valence-corrected chi connectivity index (χ3v) is 3.16. The fourth-order valence-corrected chi connectivity index (χ4v) is 1.95. The first-order valence-electron chi connectivity index (χ1n) is 7.32. The van der Waals surface area contributed by atoms with Crippen LogP contribution in [0.1, 0.15) is 26.5 Å². The molecule has 0 atom stereocenters. The second-order valence-corrected chi connectivity index (χ2v) is 4.84. The molecule has 0 saturated heterocycles. The first-order chi connectivity index (χ1) is 12.2. The predicted molar refractivity (Wildman–Crippen MR) is 89.4 cm³/mol. The van der Waals surface area contributed by atoms with Gasteiger partial charge in [-0.05, 0) is 36.4 Å². The maximum atomic E-state index is 12.0. The van der Waals surface area contributed by atoms with Crippen LogP contribution in [0.2, 0.25) is 0 Å². The Morgan fingerprint density at radius 1 is 1.08 bits per heavy atom. The number of nitrogens with zero attached hydrogens (tertiary/aromatic N) is 2. The Kier molecular flexibility index (Phi) is 4.96. The lowest BCUT2D eigenvalue weighted by atomic mass is 10.2. The monoisotopic (exact) mass is 335 g/mol. The number of carbonyl (C=O) groups is 2. The van der Waals surface area contributed by atoms with Crippen LogP contribution in [0.25, 0.3) is 0 Å². The zero-order valence-electron chi connectivity index (χ0n) is 13.0. The molecule has 1 aromatic carbocycles. The maximum absolute atomic E-state index is 12.0. The molecule has 0 bridgehead atoms. The molecule has 0 aliphatic carbocycles. The van der Waals surface area contributed by atoms with Gasteiger partial charge in [0.2, 0.25) is 5.76 Å². The average molecular weight is 335 g/mol. The van der Waals surface area contributed by atoms with Crippen molar-refractivity contribution < 1.29 is 18.7 Å². The van der Waals surface area contributed by atoms with E-state index in [2.05, 4.69) is 15.5 Å². The summed E-state index contributed by atoms with van der Waals surface area (Å²) in [4.78, 5) is 27.7. The number of nitrogens with one attached hydrogen (secondary N) is 1. The molecule has 7 nitrogen and oxygen atoms in total. The lowest BCUT2D eigenvalue weighted by Crippen LogP contribution is -2.17. The van der Waals surface area contributed by atoms with E-state index in [1.165, 1.54) is 30.9 Å². The van der Waals surface area contributed by atoms with Gasteiger partial charge in [-0.1, -0.05) is 12.1 Å². The number of rotatable bonds is 5. The van der Waals surface area contributed by atoms with Crippen molar-refractivity contribution in [2.24, 2.45) is 5.10 Å². The van der Waals surface area contributed by atoms with Crippen LogP contribution >= 0.6 is 0 Å².